The molecule has 3 aromatic carbocycles. The number of anilines is 1. The summed E-state index contributed by atoms with van der Waals surface area (Å²) in [6.45, 7) is 5.08. The Morgan fingerprint density at radius 3 is 2.45 bits per heavy atom. The van der Waals surface area contributed by atoms with Gasteiger partial charge in [0, 0.05) is 11.1 Å². The van der Waals surface area contributed by atoms with Crippen molar-refractivity contribution in [1.82, 2.24) is 0 Å². The van der Waals surface area contributed by atoms with E-state index in [1.54, 1.807) is 25.1 Å². The fourth-order valence-electron chi connectivity index (χ4n) is 3.89. The van der Waals surface area contributed by atoms with Crippen LogP contribution in [0.5, 0.6) is 0 Å². The first-order valence-electron chi connectivity index (χ1n) is 10.2. The van der Waals surface area contributed by atoms with E-state index in [-0.39, 0.29) is 44.5 Å². The van der Waals surface area contributed by atoms with E-state index in [2.05, 4.69) is 5.32 Å². The second kappa shape index (κ2) is 8.47. The Labute approximate surface area is 187 Å². The number of nitrogens with zero attached hydrogens (tertiary/aromatic N) is 1. The van der Waals surface area contributed by atoms with Crippen LogP contribution in [0.1, 0.15) is 35.2 Å². The Morgan fingerprint density at radius 2 is 1.73 bits per heavy atom. The van der Waals surface area contributed by atoms with Gasteiger partial charge in [0.05, 0.1) is 22.7 Å². The Kier molecular flexibility index (Phi) is 5.69. The maximum absolute atomic E-state index is 14.5. The van der Waals surface area contributed by atoms with Crippen LogP contribution in [0.2, 0.25) is 0 Å². The van der Waals surface area contributed by atoms with E-state index in [9.17, 15) is 23.2 Å². The largest absolute Gasteiger partial charge is 0.455 e. The molecule has 0 saturated carbocycles. The standard InChI is InChI=1S/C26H19F3N2O2/c1-13-10-17(15(3)31-22-9-5-7-20(27)19(22)12-30)26-18(11-13)24(32)14(2)25(33-26)16-6-4-8-21(28)23(16)29/h4-11,15,31H,1-3H3. The minimum atomic E-state index is -1.11. The van der Waals surface area contributed by atoms with Crippen LogP contribution in [0.25, 0.3) is 22.3 Å². The fourth-order valence-corrected chi connectivity index (χ4v) is 3.89. The summed E-state index contributed by atoms with van der Waals surface area (Å²) in [5.74, 6) is -2.88. The van der Waals surface area contributed by atoms with E-state index >= 15 is 0 Å². The number of rotatable bonds is 4. The van der Waals surface area contributed by atoms with E-state index in [0.717, 1.165) is 11.6 Å². The topological polar surface area (TPSA) is 66.0 Å². The summed E-state index contributed by atoms with van der Waals surface area (Å²) in [6, 6.07) is 12.7. The molecule has 7 heteroatoms. The number of aryl methyl sites for hydroxylation is 1. The molecule has 1 heterocycles. The van der Waals surface area contributed by atoms with Crippen LogP contribution in [-0.2, 0) is 0 Å². The van der Waals surface area contributed by atoms with Gasteiger partial charge in [-0.3, -0.25) is 4.79 Å². The van der Waals surface area contributed by atoms with Gasteiger partial charge in [-0.2, -0.15) is 5.26 Å². The third-order valence-electron chi connectivity index (χ3n) is 5.55. The predicted octanol–water partition coefficient (Wildman–Crippen LogP) is 6.54. The highest BCUT2D eigenvalue weighted by molar-refractivity contribution is 5.84. The lowest BCUT2D eigenvalue weighted by atomic mass is 9.98. The van der Waals surface area contributed by atoms with E-state index in [1.165, 1.54) is 31.2 Å². The number of hydrogen-bond acceptors (Lipinski definition) is 4. The number of halogens is 3. The molecule has 166 valence electrons. The molecule has 33 heavy (non-hydrogen) atoms. The van der Waals surface area contributed by atoms with Gasteiger partial charge in [-0.15, -0.1) is 0 Å². The summed E-state index contributed by atoms with van der Waals surface area (Å²) in [7, 11) is 0. The summed E-state index contributed by atoms with van der Waals surface area (Å²) in [4.78, 5) is 13.2. The van der Waals surface area contributed by atoms with Crippen molar-refractivity contribution in [1.29, 1.82) is 5.26 Å². The molecule has 4 nitrogen and oxygen atoms in total. The second-order valence-electron chi connectivity index (χ2n) is 7.86. The Morgan fingerprint density at radius 1 is 1.03 bits per heavy atom. The molecule has 0 aliphatic heterocycles. The van der Waals surface area contributed by atoms with Crippen molar-refractivity contribution in [3.63, 3.8) is 0 Å². The molecule has 0 spiro atoms. The SMILES string of the molecule is Cc1cc(C(C)Nc2cccc(F)c2C#N)c2oc(-c3cccc(F)c3F)c(C)c(=O)c2c1. The van der Waals surface area contributed by atoms with Gasteiger partial charge in [-0.25, -0.2) is 13.2 Å². The highest BCUT2D eigenvalue weighted by Gasteiger charge is 2.22. The molecule has 0 radical (unpaired) electrons. The van der Waals surface area contributed by atoms with Gasteiger partial charge in [0.1, 0.15) is 28.8 Å². The molecule has 1 aromatic heterocycles. The van der Waals surface area contributed by atoms with E-state index in [1.807, 2.05) is 13.0 Å². The van der Waals surface area contributed by atoms with Crippen LogP contribution in [0.15, 0.2) is 57.7 Å². The summed E-state index contributed by atoms with van der Waals surface area (Å²) in [5, 5.41) is 12.7. The minimum absolute atomic E-state index is 0.0646. The van der Waals surface area contributed by atoms with E-state index < -0.39 is 23.5 Å². The summed E-state index contributed by atoms with van der Waals surface area (Å²) in [6.07, 6.45) is 0. The maximum atomic E-state index is 14.5. The Balaban J connectivity index is 1.93. The lowest BCUT2D eigenvalue weighted by Crippen LogP contribution is -2.13. The van der Waals surface area contributed by atoms with E-state index in [0.29, 0.717) is 5.56 Å². The summed E-state index contributed by atoms with van der Waals surface area (Å²) >= 11 is 0. The lowest BCUT2D eigenvalue weighted by Gasteiger charge is -2.19. The van der Waals surface area contributed by atoms with E-state index in [4.69, 9.17) is 4.42 Å². The van der Waals surface area contributed by atoms with Crippen molar-refractivity contribution >= 4 is 16.7 Å². The summed E-state index contributed by atoms with van der Waals surface area (Å²) < 4.78 is 48.4. The zero-order chi connectivity index (χ0) is 23.9. The number of hydrogen-bond donors (Lipinski definition) is 1. The molecule has 0 amide bonds. The average molecular weight is 448 g/mol. The first-order valence-corrected chi connectivity index (χ1v) is 10.2. The smallest absolute Gasteiger partial charge is 0.196 e. The van der Waals surface area contributed by atoms with Crippen molar-refractivity contribution in [2.45, 2.75) is 26.8 Å². The first-order chi connectivity index (χ1) is 15.7. The normalized spacial score (nSPS) is 11.9. The Hall–Kier alpha value is -4.05. The number of fused-ring (bicyclic) bond motifs is 1. The lowest BCUT2D eigenvalue weighted by molar-refractivity contribution is 0.505. The van der Waals surface area contributed by atoms with Gasteiger partial charge >= 0.3 is 0 Å². The van der Waals surface area contributed by atoms with Crippen molar-refractivity contribution in [2.75, 3.05) is 5.32 Å². The zero-order valence-corrected chi connectivity index (χ0v) is 18.1. The van der Waals surface area contributed by atoms with Crippen LogP contribution in [0.4, 0.5) is 18.9 Å². The van der Waals surface area contributed by atoms with Crippen molar-refractivity contribution < 1.29 is 17.6 Å². The van der Waals surface area contributed by atoms with Crippen LogP contribution >= 0.6 is 0 Å². The molecule has 0 aliphatic carbocycles. The quantitative estimate of drug-likeness (QED) is 0.385. The fraction of sp³-hybridized carbons (Fsp3) is 0.154. The monoisotopic (exact) mass is 448 g/mol. The average Bonchev–Trinajstić information content (AvgIpc) is 2.78. The van der Waals surface area contributed by atoms with Crippen molar-refractivity contribution in [3.8, 4) is 17.4 Å². The van der Waals surface area contributed by atoms with Gasteiger partial charge in [0.15, 0.2) is 17.1 Å². The van der Waals surface area contributed by atoms with Gasteiger partial charge in [0.25, 0.3) is 0 Å². The van der Waals surface area contributed by atoms with Gasteiger partial charge in [-0.05, 0) is 56.7 Å². The van der Waals surface area contributed by atoms with Crippen LogP contribution in [0, 0.1) is 42.6 Å². The molecule has 1 atom stereocenters. The molecule has 4 rings (SSSR count). The molecule has 4 aromatic rings. The third-order valence-corrected chi connectivity index (χ3v) is 5.55. The molecule has 1 N–H and O–H groups in total. The molecular weight excluding hydrogens is 429 g/mol. The molecular formula is C26H19F3N2O2. The van der Waals surface area contributed by atoms with Crippen LogP contribution in [-0.4, -0.2) is 0 Å². The zero-order valence-electron chi connectivity index (χ0n) is 18.1. The number of benzene rings is 3. The molecule has 0 bridgehead atoms. The van der Waals surface area contributed by atoms with Crippen LogP contribution < -0.4 is 10.7 Å². The molecule has 0 fully saturated rings. The summed E-state index contributed by atoms with van der Waals surface area (Å²) in [5.41, 5.74) is 1.30. The highest BCUT2D eigenvalue weighted by atomic mass is 19.2. The third kappa shape index (κ3) is 3.85. The maximum Gasteiger partial charge on any atom is 0.196 e. The van der Waals surface area contributed by atoms with Crippen molar-refractivity contribution in [2.24, 2.45) is 0 Å². The minimum Gasteiger partial charge on any atom is -0.455 e. The molecule has 0 saturated heterocycles. The van der Waals surface area contributed by atoms with Crippen LogP contribution in [0.3, 0.4) is 0 Å². The number of nitriles is 1. The second-order valence-corrected chi connectivity index (χ2v) is 7.86. The van der Waals surface area contributed by atoms with Gasteiger partial charge in [-0.1, -0.05) is 18.2 Å². The number of nitrogens with one attached hydrogen (secondary N) is 1. The molecule has 1 unspecified atom stereocenters. The van der Waals surface area contributed by atoms with Crippen molar-refractivity contribution in [3.05, 3.63) is 98.5 Å². The predicted molar refractivity (Wildman–Crippen MR) is 120 cm³/mol. The highest BCUT2D eigenvalue weighted by Crippen LogP contribution is 2.34. The van der Waals surface area contributed by atoms with Gasteiger partial charge in [0.2, 0.25) is 0 Å². The molecule has 0 aliphatic rings. The van der Waals surface area contributed by atoms with Gasteiger partial charge < -0.3 is 9.73 Å². The first kappa shape index (κ1) is 22.2. The Bertz CT molecular complexity index is 1500.